The topological polar surface area (TPSA) is 56.8 Å². The highest BCUT2D eigenvalue weighted by molar-refractivity contribution is 5.89. The van der Waals surface area contributed by atoms with Crippen LogP contribution in [-0.4, -0.2) is 70.8 Å². The minimum absolute atomic E-state index is 0.0915. The fourth-order valence-electron chi connectivity index (χ4n) is 4.74. The van der Waals surface area contributed by atoms with Crippen LogP contribution in [0.15, 0.2) is 54.9 Å². The molecule has 30 heavy (non-hydrogen) atoms. The summed E-state index contributed by atoms with van der Waals surface area (Å²) in [6.07, 6.45) is 5.03. The lowest BCUT2D eigenvalue weighted by atomic mass is 9.71. The maximum atomic E-state index is 13.8. The second-order valence-electron chi connectivity index (χ2n) is 8.38. The fraction of sp³-hybridized carbons (Fsp3) is 0.458. The molecule has 3 heterocycles. The van der Waals surface area contributed by atoms with E-state index in [0.717, 1.165) is 38.3 Å². The number of piperazine rings is 1. The lowest BCUT2D eigenvalue weighted by molar-refractivity contribution is -0.144. The van der Waals surface area contributed by atoms with Crippen LogP contribution >= 0.6 is 0 Å². The van der Waals surface area contributed by atoms with Gasteiger partial charge < -0.3 is 9.80 Å². The molecule has 0 N–H and O–H groups in total. The van der Waals surface area contributed by atoms with Crippen molar-refractivity contribution in [3.05, 3.63) is 66.0 Å². The second-order valence-corrected chi connectivity index (χ2v) is 8.38. The van der Waals surface area contributed by atoms with Gasteiger partial charge in [-0.25, -0.2) is 0 Å². The predicted octanol–water partition coefficient (Wildman–Crippen LogP) is 2.31. The zero-order chi connectivity index (χ0) is 21.0. The molecular weight excluding hydrogens is 376 g/mol. The van der Waals surface area contributed by atoms with Crippen molar-refractivity contribution in [1.29, 1.82) is 0 Å². The first kappa shape index (κ1) is 20.5. The molecule has 2 amide bonds. The summed E-state index contributed by atoms with van der Waals surface area (Å²) in [5.41, 5.74) is 1.81. The van der Waals surface area contributed by atoms with E-state index in [-0.39, 0.29) is 11.8 Å². The molecule has 0 radical (unpaired) electrons. The molecule has 0 spiro atoms. The molecule has 2 aromatic rings. The van der Waals surface area contributed by atoms with Gasteiger partial charge in [0.15, 0.2) is 0 Å². The molecule has 158 valence electrons. The number of carbonyl (C=O) groups excluding carboxylic acids is 2. The third-order valence-electron chi connectivity index (χ3n) is 6.61. The molecule has 0 unspecified atom stereocenters. The molecule has 2 aliphatic rings. The smallest absolute Gasteiger partial charge is 0.233 e. The van der Waals surface area contributed by atoms with E-state index in [1.807, 2.05) is 52.5 Å². The van der Waals surface area contributed by atoms with Crippen molar-refractivity contribution in [2.45, 2.75) is 31.7 Å². The van der Waals surface area contributed by atoms with Crippen LogP contribution in [0, 0.1) is 0 Å². The quantitative estimate of drug-likeness (QED) is 0.782. The number of piperidine rings is 1. The maximum absolute atomic E-state index is 13.8. The van der Waals surface area contributed by atoms with Gasteiger partial charge in [0, 0.05) is 65.1 Å². The average Bonchev–Trinajstić information content (AvgIpc) is 2.80. The van der Waals surface area contributed by atoms with Gasteiger partial charge in [-0.3, -0.25) is 19.5 Å². The number of hydrogen-bond acceptors (Lipinski definition) is 4. The van der Waals surface area contributed by atoms with Gasteiger partial charge in [-0.2, -0.15) is 0 Å². The van der Waals surface area contributed by atoms with E-state index >= 15 is 0 Å². The van der Waals surface area contributed by atoms with Gasteiger partial charge in [0.1, 0.15) is 0 Å². The first-order valence-electron chi connectivity index (χ1n) is 10.8. The number of rotatable bonds is 4. The van der Waals surface area contributed by atoms with Crippen LogP contribution in [0.5, 0.6) is 0 Å². The second kappa shape index (κ2) is 8.96. The Hall–Kier alpha value is -2.73. The summed E-state index contributed by atoms with van der Waals surface area (Å²) in [5.74, 6) is 0.314. The number of pyridine rings is 1. The Morgan fingerprint density at radius 1 is 0.867 bits per heavy atom. The minimum Gasteiger partial charge on any atom is -0.343 e. The third kappa shape index (κ3) is 4.24. The summed E-state index contributed by atoms with van der Waals surface area (Å²) in [7, 11) is 0. The first-order valence-corrected chi connectivity index (χ1v) is 10.8. The van der Waals surface area contributed by atoms with Crippen molar-refractivity contribution in [2.24, 2.45) is 0 Å². The van der Waals surface area contributed by atoms with Crippen molar-refractivity contribution in [2.75, 3.05) is 39.3 Å². The zero-order valence-electron chi connectivity index (χ0n) is 17.7. The van der Waals surface area contributed by atoms with Crippen LogP contribution in [0.3, 0.4) is 0 Å². The molecule has 6 heteroatoms. The third-order valence-corrected chi connectivity index (χ3v) is 6.61. The van der Waals surface area contributed by atoms with Crippen LogP contribution in [0.2, 0.25) is 0 Å². The van der Waals surface area contributed by atoms with Crippen LogP contribution in [0.1, 0.15) is 30.9 Å². The van der Waals surface area contributed by atoms with E-state index < -0.39 is 5.41 Å². The number of benzene rings is 1. The van der Waals surface area contributed by atoms with Crippen LogP contribution in [0.4, 0.5) is 0 Å². The highest BCUT2D eigenvalue weighted by Gasteiger charge is 2.45. The summed E-state index contributed by atoms with van der Waals surface area (Å²) in [4.78, 5) is 36.0. The molecule has 0 bridgehead atoms. The molecule has 2 aliphatic heterocycles. The SMILES string of the molecule is CC(=O)N1CCC(C(=O)N2CCN(Cc3ccncc3)CC2)(c2ccccc2)CC1. The molecule has 0 atom stereocenters. The highest BCUT2D eigenvalue weighted by Crippen LogP contribution is 2.37. The van der Waals surface area contributed by atoms with E-state index in [0.29, 0.717) is 25.9 Å². The summed E-state index contributed by atoms with van der Waals surface area (Å²) in [6.45, 7) is 7.01. The molecule has 1 aromatic heterocycles. The number of nitrogens with zero attached hydrogens (tertiary/aromatic N) is 4. The number of carbonyl (C=O) groups is 2. The Balaban J connectivity index is 1.46. The number of aromatic nitrogens is 1. The van der Waals surface area contributed by atoms with E-state index in [1.54, 1.807) is 6.92 Å². The van der Waals surface area contributed by atoms with E-state index in [2.05, 4.69) is 22.0 Å². The van der Waals surface area contributed by atoms with Crippen molar-refractivity contribution < 1.29 is 9.59 Å². The minimum atomic E-state index is -0.527. The van der Waals surface area contributed by atoms with Crippen molar-refractivity contribution in [3.8, 4) is 0 Å². The molecule has 6 nitrogen and oxygen atoms in total. The van der Waals surface area contributed by atoms with Gasteiger partial charge in [0.25, 0.3) is 0 Å². The Morgan fingerprint density at radius 2 is 1.50 bits per heavy atom. The summed E-state index contributed by atoms with van der Waals surface area (Å²) in [6, 6.07) is 14.2. The Kier molecular flexibility index (Phi) is 6.13. The molecule has 0 aliphatic carbocycles. The number of likely N-dealkylation sites (tertiary alicyclic amines) is 1. The Labute approximate surface area is 178 Å². The molecular formula is C24H30N4O2. The molecule has 4 rings (SSSR count). The fourth-order valence-corrected chi connectivity index (χ4v) is 4.74. The van der Waals surface area contributed by atoms with Gasteiger partial charge in [-0.1, -0.05) is 30.3 Å². The summed E-state index contributed by atoms with van der Waals surface area (Å²) < 4.78 is 0. The van der Waals surface area contributed by atoms with Gasteiger partial charge >= 0.3 is 0 Å². The lowest BCUT2D eigenvalue weighted by Gasteiger charge is -2.45. The molecule has 2 fully saturated rings. The largest absolute Gasteiger partial charge is 0.343 e. The van der Waals surface area contributed by atoms with Gasteiger partial charge in [0.05, 0.1) is 5.41 Å². The molecule has 1 aromatic carbocycles. The number of amides is 2. The number of hydrogen-bond donors (Lipinski definition) is 0. The van der Waals surface area contributed by atoms with Gasteiger partial charge in [-0.15, -0.1) is 0 Å². The van der Waals surface area contributed by atoms with Crippen molar-refractivity contribution in [1.82, 2.24) is 19.7 Å². The lowest BCUT2D eigenvalue weighted by Crippen LogP contribution is -2.57. The van der Waals surface area contributed by atoms with Crippen molar-refractivity contribution in [3.63, 3.8) is 0 Å². The summed E-state index contributed by atoms with van der Waals surface area (Å²) in [5, 5.41) is 0. The molecule has 0 saturated carbocycles. The highest BCUT2D eigenvalue weighted by atomic mass is 16.2. The van der Waals surface area contributed by atoms with E-state index in [1.165, 1.54) is 5.56 Å². The first-order chi connectivity index (χ1) is 14.6. The zero-order valence-corrected chi connectivity index (χ0v) is 17.7. The van der Waals surface area contributed by atoms with E-state index in [9.17, 15) is 9.59 Å². The van der Waals surface area contributed by atoms with Crippen LogP contribution in [0.25, 0.3) is 0 Å². The van der Waals surface area contributed by atoms with E-state index in [4.69, 9.17) is 0 Å². The summed E-state index contributed by atoms with van der Waals surface area (Å²) >= 11 is 0. The van der Waals surface area contributed by atoms with Gasteiger partial charge in [-0.05, 0) is 36.1 Å². The predicted molar refractivity (Wildman–Crippen MR) is 116 cm³/mol. The van der Waals surface area contributed by atoms with Crippen molar-refractivity contribution >= 4 is 11.8 Å². The Bertz CT molecular complexity index is 855. The molecule has 2 saturated heterocycles. The maximum Gasteiger partial charge on any atom is 0.233 e. The standard InChI is InChI=1S/C24H30N4O2/c1-20(29)27-13-9-24(10-14-27,22-5-3-2-4-6-22)23(30)28-17-15-26(16-18-28)19-21-7-11-25-12-8-21/h2-8,11-12H,9-10,13-19H2,1H3. The monoisotopic (exact) mass is 406 g/mol. The van der Waals surface area contributed by atoms with Crippen LogP contribution < -0.4 is 0 Å². The Morgan fingerprint density at radius 3 is 2.10 bits per heavy atom. The normalized spacial score (nSPS) is 19.5. The van der Waals surface area contributed by atoms with Crippen LogP contribution in [-0.2, 0) is 21.5 Å². The average molecular weight is 407 g/mol. The van der Waals surface area contributed by atoms with Gasteiger partial charge in [0.2, 0.25) is 11.8 Å².